The Morgan fingerprint density at radius 1 is 1.14 bits per heavy atom. The van der Waals surface area contributed by atoms with Gasteiger partial charge in [-0.1, -0.05) is 26.0 Å². The Balaban J connectivity index is 1.97. The summed E-state index contributed by atoms with van der Waals surface area (Å²) in [5, 5.41) is 10.7. The molecule has 0 spiro atoms. The van der Waals surface area contributed by atoms with E-state index < -0.39 is 0 Å². The molecule has 5 nitrogen and oxygen atoms in total. The van der Waals surface area contributed by atoms with E-state index in [1.165, 1.54) is 0 Å². The average molecular weight is 383 g/mol. The van der Waals surface area contributed by atoms with Gasteiger partial charge in [0.15, 0.2) is 0 Å². The van der Waals surface area contributed by atoms with Crippen molar-refractivity contribution in [2.45, 2.75) is 33.7 Å². The third kappa shape index (κ3) is 7.06. The summed E-state index contributed by atoms with van der Waals surface area (Å²) < 4.78 is 0. The molecule has 0 aliphatic carbocycles. The van der Waals surface area contributed by atoms with Crippen LogP contribution in [0.5, 0.6) is 5.75 Å². The highest BCUT2D eigenvalue weighted by Gasteiger charge is 2.11. The molecule has 152 valence electrons. The molecule has 0 aliphatic rings. The van der Waals surface area contributed by atoms with E-state index in [0.29, 0.717) is 12.3 Å². The highest BCUT2D eigenvalue weighted by Crippen LogP contribution is 2.24. The first kappa shape index (κ1) is 22.1. The second-order valence-corrected chi connectivity index (χ2v) is 7.23. The fourth-order valence-corrected chi connectivity index (χ4v) is 3.21. The number of aryl methyl sites for hydroxylation is 1. The summed E-state index contributed by atoms with van der Waals surface area (Å²) in [4.78, 5) is 13.5. The second kappa shape index (κ2) is 11.6. The minimum absolute atomic E-state index is 0.335. The van der Waals surface area contributed by atoms with Gasteiger partial charge < -0.3 is 14.9 Å². The van der Waals surface area contributed by atoms with Crippen molar-refractivity contribution in [3.05, 3.63) is 58.9 Å². The van der Waals surface area contributed by atoms with Gasteiger partial charge in [-0.05, 0) is 50.8 Å². The maximum absolute atomic E-state index is 10.7. The van der Waals surface area contributed by atoms with Gasteiger partial charge in [0.1, 0.15) is 5.75 Å². The maximum Gasteiger partial charge on any atom is 0.128 e. The zero-order chi connectivity index (χ0) is 20.4. The van der Waals surface area contributed by atoms with E-state index in [1.54, 1.807) is 12.4 Å². The first-order valence-electron chi connectivity index (χ1n) is 10.2. The van der Waals surface area contributed by atoms with Gasteiger partial charge in [0.25, 0.3) is 0 Å². The Morgan fingerprint density at radius 3 is 2.61 bits per heavy atom. The van der Waals surface area contributed by atoms with Crippen LogP contribution in [0.15, 0.2) is 41.5 Å². The molecule has 0 amide bonds. The van der Waals surface area contributed by atoms with Gasteiger partial charge in [-0.3, -0.25) is 9.98 Å². The highest BCUT2D eigenvalue weighted by molar-refractivity contribution is 5.84. The largest absolute Gasteiger partial charge is 0.507 e. The Morgan fingerprint density at radius 2 is 1.93 bits per heavy atom. The van der Waals surface area contributed by atoms with Crippen LogP contribution in [0.4, 0.5) is 0 Å². The summed E-state index contributed by atoms with van der Waals surface area (Å²) in [5.74, 6) is 0.335. The van der Waals surface area contributed by atoms with E-state index >= 15 is 0 Å². The summed E-state index contributed by atoms with van der Waals surface area (Å²) in [5.41, 5.74) is 3.90. The van der Waals surface area contributed by atoms with Crippen LogP contribution in [0.2, 0.25) is 0 Å². The van der Waals surface area contributed by atoms with Crippen molar-refractivity contribution >= 4 is 6.21 Å². The number of aromatic nitrogens is 1. The first-order valence-corrected chi connectivity index (χ1v) is 10.2. The van der Waals surface area contributed by atoms with Crippen LogP contribution < -0.4 is 0 Å². The van der Waals surface area contributed by atoms with E-state index in [-0.39, 0.29) is 0 Å². The molecule has 1 N–H and O–H groups in total. The second-order valence-electron chi connectivity index (χ2n) is 7.23. The minimum atomic E-state index is 0.335. The SMILES string of the molecule is CCN(CC)CCN(C)Cc1cc(C)cc(C=NCCc2ccccn2)c1O. The predicted molar refractivity (Wildman–Crippen MR) is 117 cm³/mol. The Hall–Kier alpha value is -2.24. The van der Waals surface area contributed by atoms with Gasteiger partial charge in [0, 0.05) is 61.8 Å². The van der Waals surface area contributed by atoms with Crippen LogP contribution in [0, 0.1) is 6.92 Å². The number of pyridine rings is 1. The molecule has 1 heterocycles. The van der Waals surface area contributed by atoms with Crippen molar-refractivity contribution in [3.63, 3.8) is 0 Å². The van der Waals surface area contributed by atoms with E-state index in [2.05, 4.69) is 53.7 Å². The third-order valence-electron chi connectivity index (χ3n) is 4.95. The number of benzene rings is 1. The Kier molecular flexibility index (Phi) is 9.11. The number of aliphatic imine (C=N–C) groups is 1. The topological polar surface area (TPSA) is 52.0 Å². The van der Waals surface area contributed by atoms with E-state index in [9.17, 15) is 5.11 Å². The van der Waals surface area contributed by atoms with Gasteiger partial charge in [-0.25, -0.2) is 0 Å². The predicted octanol–water partition coefficient (Wildman–Crippen LogP) is 3.53. The van der Waals surface area contributed by atoms with Crippen LogP contribution >= 0.6 is 0 Å². The molecule has 0 saturated heterocycles. The molecule has 0 unspecified atom stereocenters. The van der Waals surface area contributed by atoms with Crippen LogP contribution in [-0.4, -0.2) is 65.9 Å². The molecule has 0 saturated carbocycles. The van der Waals surface area contributed by atoms with Crippen molar-refractivity contribution in [2.24, 2.45) is 4.99 Å². The van der Waals surface area contributed by atoms with Gasteiger partial charge in [-0.15, -0.1) is 0 Å². The molecular weight excluding hydrogens is 348 g/mol. The Bertz CT molecular complexity index is 742. The number of phenolic OH excluding ortho intramolecular Hbond substituents is 1. The van der Waals surface area contributed by atoms with Crippen molar-refractivity contribution in [2.75, 3.05) is 39.8 Å². The normalized spacial score (nSPS) is 11.8. The van der Waals surface area contributed by atoms with Crippen molar-refractivity contribution in [1.82, 2.24) is 14.8 Å². The summed E-state index contributed by atoms with van der Waals surface area (Å²) in [6, 6.07) is 9.96. The highest BCUT2D eigenvalue weighted by atomic mass is 16.3. The lowest BCUT2D eigenvalue weighted by molar-refractivity contribution is 0.235. The summed E-state index contributed by atoms with van der Waals surface area (Å²) in [6.07, 6.45) is 4.38. The molecule has 2 rings (SSSR count). The Labute approximate surface area is 169 Å². The molecule has 5 heteroatoms. The molecule has 28 heavy (non-hydrogen) atoms. The van der Waals surface area contributed by atoms with Gasteiger partial charge in [-0.2, -0.15) is 0 Å². The molecule has 0 fully saturated rings. The van der Waals surface area contributed by atoms with E-state index in [4.69, 9.17) is 0 Å². The molecule has 0 aliphatic heterocycles. The fraction of sp³-hybridized carbons (Fsp3) is 0.478. The fourth-order valence-electron chi connectivity index (χ4n) is 3.21. The van der Waals surface area contributed by atoms with Crippen molar-refractivity contribution in [3.8, 4) is 5.75 Å². The summed E-state index contributed by atoms with van der Waals surface area (Å²) >= 11 is 0. The molecule has 0 atom stereocenters. The maximum atomic E-state index is 10.7. The number of hydrogen-bond acceptors (Lipinski definition) is 5. The van der Waals surface area contributed by atoms with Crippen LogP contribution in [0.25, 0.3) is 0 Å². The minimum Gasteiger partial charge on any atom is -0.507 e. The molecular formula is C23H34N4O. The number of phenols is 1. The monoisotopic (exact) mass is 382 g/mol. The lowest BCUT2D eigenvalue weighted by Gasteiger charge is -2.23. The quantitative estimate of drug-likeness (QED) is 0.604. The summed E-state index contributed by atoms with van der Waals surface area (Å²) in [7, 11) is 2.10. The third-order valence-corrected chi connectivity index (χ3v) is 4.95. The number of nitrogens with zero attached hydrogens (tertiary/aromatic N) is 4. The summed E-state index contributed by atoms with van der Waals surface area (Å²) in [6.45, 7) is 12.0. The lowest BCUT2D eigenvalue weighted by Crippen LogP contribution is -2.32. The first-order chi connectivity index (χ1) is 13.5. The van der Waals surface area contributed by atoms with Gasteiger partial charge in [0.05, 0.1) is 0 Å². The van der Waals surface area contributed by atoms with Crippen LogP contribution in [0.1, 0.15) is 36.2 Å². The van der Waals surface area contributed by atoms with E-state index in [1.807, 2.05) is 24.3 Å². The molecule has 2 aromatic rings. The van der Waals surface area contributed by atoms with Gasteiger partial charge in [0.2, 0.25) is 0 Å². The standard InChI is InChI=1S/C23H34N4O/c1-5-27(6-2)14-13-26(4)18-21-16-19(3)15-20(23(21)28)17-24-12-10-22-9-7-8-11-25-22/h7-9,11,15-17,28H,5-6,10,12-14,18H2,1-4H3. The molecule has 1 aromatic heterocycles. The lowest BCUT2D eigenvalue weighted by atomic mass is 10.0. The number of aromatic hydroxyl groups is 1. The van der Waals surface area contributed by atoms with Crippen molar-refractivity contribution < 1.29 is 5.11 Å². The average Bonchev–Trinajstić information content (AvgIpc) is 2.70. The molecule has 1 aromatic carbocycles. The molecule has 0 bridgehead atoms. The number of hydrogen-bond donors (Lipinski definition) is 1. The van der Waals surface area contributed by atoms with E-state index in [0.717, 1.165) is 61.5 Å². The van der Waals surface area contributed by atoms with Crippen molar-refractivity contribution in [1.29, 1.82) is 0 Å². The number of likely N-dealkylation sites (N-methyl/N-ethyl adjacent to an activating group) is 2. The zero-order valence-corrected chi connectivity index (χ0v) is 17.7. The van der Waals surface area contributed by atoms with Crippen LogP contribution in [0.3, 0.4) is 0 Å². The smallest absolute Gasteiger partial charge is 0.128 e. The van der Waals surface area contributed by atoms with Crippen LogP contribution in [-0.2, 0) is 13.0 Å². The number of rotatable bonds is 11. The zero-order valence-electron chi connectivity index (χ0n) is 17.7. The molecule has 0 radical (unpaired) electrons. The van der Waals surface area contributed by atoms with Gasteiger partial charge >= 0.3 is 0 Å².